The van der Waals surface area contributed by atoms with Crippen LogP contribution in [0.25, 0.3) is 5.69 Å². The fourth-order valence-corrected chi connectivity index (χ4v) is 5.01. The van der Waals surface area contributed by atoms with Crippen molar-refractivity contribution in [2.24, 2.45) is 0 Å². The summed E-state index contributed by atoms with van der Waals surface area (Å²) in [5, 5.41) is 29.0. The summed E-state index contributed by atoms with van der Waals surface area (Å²) in [4.78, 5) is 0. The lowest BCUT2D eigenvalue weighted by Gasteiger charge is -2.28. The summed E-state index contributed by atoms with van der Waals surface area (Å²) in [6.45, 7) is 3.20. The van der Waals surface area contributed by atoms with E-state index in [9.17, 15) is 23.4 Å². The highest BCUT2D eigenvalue weighted by molar-refractivity contribution is 6.32. The summed E-state index contributed by atoms with van der Waals surface area (Å²) >= 11 is 12.8. The maximum absolute atomic E-state index is 13.3. The predicted molar refractivity (Wildman–Crippen MR) is 93.9 cm³/mol. The number of fused-ring (bicyclic) bond motifs is 5. The van der Waals surface area contributed by atoms with Crippen molar-refractivity contribution in [2.75, 3.05) is 0 Å². The molecule has 0 radical (unpaired) electrons. The molecule has 2 aliphatic rings. The van der Waals surface area contributed by atoms with Crippen molar-refractivity contribution < 1.29 is 28.1 Å². The van der Waals surface area contributed by atoms with Crippen LogP contribution < -0.4 is 0 Å². The number of rotatable bonds is 1. The third-order valence-corrected chi connectivity index (χ3v) is 7.00. The number of halogens is 5. The molecule has 2 aliphatic heterocycles. The SMILES string of the molecule is C[C@]12O[C@](C)(c3c1c(O)n(-c1ccc(C#N)c(C(F)(F)F)c1)c3O)[C@@H](Cl)[C@@H]2Cl. The van der Waals surface area contributed by atoms with E-state index in [2.05, 4.69) is 0 Å². The minimum Gasteiger partial charge on any atom is -0.494 e. The molecule has 0 unspecified atom stereocenters. The smallest absolute Gasteiger partial charge is 0.417 e. The number of benzene rings is 1. The number of ether oxygens (including phenoxy) is 1. The largest absolute Gasteiger partial charge is 0.494 e. The van der Waals surface area contributed by atoms with Gasteiger partial charge in [0.2, 0.25) is 11.8 Å². The lowest BCUT2D eigenvalue weighted by molar-refractivity contribution is -0.137. The Morgan fingerprint density at radius 3 is 2.04 bits per heavy atom. The van der Waals surface area contributed by atoms with Crippen LogP contribution in [0.2, 0.25) is 0 Å². The van der Waals surface area contributed by atoms with Crippen molar-refractivity contribution in [1.82, 2.24) is 4.57 Å². The van der Waals surface area contributed by atoms with Crippen LogP contribution in [0.5, 0.6) is 11.8 Å². The number of nitriles is 1. The van der Waals surface area contributed by atoms with Gasteiger partial charge in [0.05, 0.1) is 44.8 Å². The predicted octanol–water partition coefficient (Wildman–Crippen LogP) is 4.47. The molecule has 4 rings (SSSR count). The van der Waals surface area contributed by atoms with Crippen LogP contribution in [0, 0.1) is 11.3 Å². The van der Waals surface area contributed by atoms with Crippen LogP contribution >= 0.6 is 23.2 Å². The van der Waals surface area contributed by atoms with E-state index in [-0.39, 0.29) is 16.8 Å². The molecule has 10 heteroatoms. The molecule has 3 heterocycles. The third-order valence-electron chi connectivity index (χ3n) is 5.53. The topological polar surface area (TPSA) is 78.4 Å². The lowest BCUT2D eigenvalue weighted by Crippen LogP contribution is -2.38. The highest BCUT2D eigenvalue weighted by Gasteiger charge is 2.69. The van der Waals surface area contributed by atoms with E-state index in [1.54, 1.807) is 13.8 Å². The number of alkyl halides is 5. The molecule has 0 saturated carbocycles. The second-order valence-electron chi connectivity index (χ2n) is 7.19. The van der Waals surface area contributed by atoms with E-state index in [1.807, 2.05) is 0 Å². The molecular weight excluding hydrogens is 420 g/mol. The molecule has 1 saturated heterocycles. The van der Waals surface area contributed by atoms with E-state index >= 15 is 0 Å². The first-order valence-electron chi connectivity index (χ1n) is 8.15. The van der Waals surface area contributed by atoms with Gasteiger partial charge in [-0.15, -0.1) is 23.2 Å². The molecule has 148 valence electrons. The van der Waals surface area contributed by atoms with Crippen LogP contribution in [-0.2, 0) is 22.1 Å². The van der Waals surface area contributed by atoms with Crippen LogP contribution in [0.15, 0.2) is 18.2 Å². The van der Waals surface area contributed by atoms with E-state index in [1.165, 1.54) is 12.1 Å². The maximum atomic E-state index is 13.3. The van der Waals surface area contributed by atoms with E-state index < -0.39 is 51.0 Å². The van der Waals surface area contributed by atoms with E-state index in [0.29, 0.717) is 6.07 Å². The first-order valence-corrected chi connectivity index (χ1v) is 9.02. The van der Waals surface area contributed by atoms with Crippen molar-refractivity contribution in [3.63, 3.8) is 0 Å². The van der Waals surface area contributed by atoms with Crippen molar-refractivity contribution >= 4 is 23.2 Å². The Kier molecular flexibility index (Phi) is 3.78. The minimum atomic E-state index is -4.79. The zero-order chi connectivity index (χ0) is 20.8. The number of aromatic hydroxyl groups is 2. The van der Waals surface area contributed by atoms with Gasteiger partial charge in [0.15, 0.2) is 0 Å². The molecule has 1 fully saturated rings. The number of hydrogen-bond acceptors (Lipinski definition) is 4. The zero-order valence-corrected chi connectivity index (χ0v) is 16.0. The second kappa shape index (κ2) is 5.50. The molecule has 0 spiro atoms. The van der Waals surface area contributed by atoms with Gasteiger partial charge in [-0.2, -0.15) is 18.4 Å². The van der Waals surface area contributed by atoms with Crippen molar-refractivity contribution in [2.45, 2.75) is 42.0 Å². The molecule has 1 aromatic heterocycles. The van der Waals surface area contributed by atoms with E-state index in [0.717, 1.165) is 10.6 Å². The van der Waals surface area contributed by atoms with E-state index in [4.69, 9.17) is 33.2 Å². The highest BCUT2D eigenvalue weighted by Crippen LogP contribution is 2.66. The molecule has 0 amide bonds. The number of aromatic nitrogens is 1. The molecular formula is C18H13Cl2F3N2O3. The fraction of sp³-hybridized carbons (Fsp3) is 0.389. The second-order valence-corrected chi connectivity index (χ2v) is 8.13. The fourth-order valence-electron chi connectivity index (χ4n) is 4.23. The van der Waals surface area contributed by atoms with Crippen LogP contribution in [-0.4, -0.2) is 25.5 Å². The Morgan fingerprint density at radius 1 is 1.11 bits per heavy atom. The summed E-state index contributed by atoms with van der Waals surface area (Å²) < 4.78 is 46.7. The Balaban J connectivity index is 1.99. The van der Waals surface area contributed by atoms with Crippen molar-refractivity contribution in [3.8, 4) is 23.5 Å². The Labute approximate surface area is 167 Å². The zero-order valence-electron chi connectivity index (χ0n) is 14.5. The van der Waals surface area contributed by atoms with Gasteiger partial charge in [0.25, 0.3) is 0 Å². The molecule has 2 aromatic rings. The Bertz CT molecular complexity index is 1020. The van der Waals surface area contributed by atoms with Gasteiger partial charge in [-0.1, -0.05) is 0 Å². The average Bonchev–Trinajstić information content (AvgIpc) is 3.10. The highest BCUT2D eigenvalue weighted by atomic mass is 35.5. The molecule has 28 heavy (non-hydrogen) atoms. The van der Waals surface area contributed by atoms with Crippen molar-refractivity contribution in [1.29, 1.82) is 5.26 Å². The minimum absolute atomic E-state index is 0.167. The molecule has 2 bridgehead atoms. The summed E-state index contributed by atoms with van der Waals surface area (Å²) in [6, 6.07) is 4.36. The van der Waals surface area contributed by atoms with Gasteiger partial charge >= 0.3 is 6.18 Å². The van der Waals surface area contributed by atoms with Crippen LogP contribution in [0.4, 0.5) is 13.2 Å². The monoisotopic (exact) mass is 432 g/mol. The average molecular weight is 433 g/mol. The normalized spacial score (nSPS) is 31.1. The molecule has 0 aliphatic carbocycles. The van der Waals surface area contributed by atoms with Gasteiger partial charge in [0, 0.05) is 0 Å². The maximum Gasteiger partial charge on any atom is 0.417 e. The summed E-state index contributed by atoms with van der Waals surface area (Å²) in [5.41, 5.74) is -4.01. The van der Waals surface area contributed by atoms with Crippen LogP contribution in [0.1, 0.15) is 36.1 Å². The first-order chi connectivity index (χ1) is 12.9. The summed E-state index contributed by atoms with van der Waals surface area (Å²) in [6.07, 6.45) is -4.79. The number of hydrogen-bond donors (Lipinski definition) is 2. The Morgan fingerprint density at radius 2 is 1.61 bits per heavy atom. The van der Waals surface area contributed by atoms with Gasteiger partial charge in [-0.25, -0.2) is 0 Å². The Hall–Kier alpha value is -2.08. The first kappa shape index (κ1) is 19.2. The van der Waals surface area contributed by atoms with Gasteiger partial charge in [0.1, 0.15) is 11.2 Å². The summed E-state index contributed by atoms with van der Waals surface area (Å²) in [5.74, 6) is -0.989. The van der Waals surface area contributed by atoms with Gasteiger partial charge < -0.3 is 14.9 Å². The molecule has 2 N–H and O–H groups in total. The standard InChI is InChI=1S/C18H13Cl2F3N2O3/c1-16-10-11(17(2,28-16)13(20)12(16)19)15(27)25(14(10)26)8-4-3-7(6-24)9(5-8)18(21,22)23/h3-5,12-13,26-27H,1-2H3/t12-,13-,16-,17+/m0/s1. The quantitative estimate of drug-likeness (QED) is 0.651. The molecule has 1 aromatic carbocycles. The van der Waals surface area contributed by atoms with Crippen molar-refractivity contribution in [3.05, 3.63) is 40.5 Å². The summed E-state index contributed by atoms with van der Waals surface area (Å²) in [7, 11) is 0. The number of nitrogens with zero attached hydrogens (tertiary/aromatic N) is 2. The van der Waals surface area contributed by atoms with Gasteiger partial charge in [-0.3, -0.25) is 4.57 Å². The molecule has 5 nitrogen and oxygen atoms in total. The van der Waals surface area contributed by atoms with Crippen LogP contribution in [0.3, 0.4) is 0 Å². The lowest BCUT2D eigenvalue weighted by atomic mass is 9.79. The molecule has 4 atom stereocenters. The third kappa shape index (κ3) is 2.12. The van der Waals surface area contributed by atoms with Gasteiger partial charge in [-0.05, 0) is 32.0 Å².